The Balaban J connectivity index is 1.86. The average Bonchev–Trinajstić information content (AvgIpc) is 2.92. The molecule has 1 aromatic rings. The molecule has 0 unspecified atom stereocenters. The van der Waals surface area contributed by atoms with E-state index >= 15 is 0 Å². The Hall–Kier alpha value is -1.03. The summed E-state index contributed by atoms with van der Waals surface area (Å²) in [6, 6.07) is 5.53. The Bertz CT molecular complexity index is 381. The Labute approximate surface area is 86.3 Å². The smallest absolute Gasteiger partial charge is 0.250 e. The second-order valence-corrected chi connectivity index (χ2v) is 4.27. The molecule has 1 saturated heterocycles. The third kappa shape index (κ3) is 1.35. The van der Waals surface area contributed by atoms with Crippen molar-refractivity contribution in [2.24, 2.45) is 0 Å². The maximum absolute atomic E-state index is 13.1. The normalized spacial score (nSPS) is 37.1. The third-order valence-corrected chi connectivity index (χ3v) is 3.26. The van der Waals surface area contributed by atoms with Crippen LogP contribution in [0.15, 0.2) is 24.4 Å². The molecule has 15 heavy (non-hydrogen) atoms. The van der Waals surface area contributed by atoms with Crippen LogP contribution in [-0.4, -0.2) is 17.0 Å². The van der Waals surface area contributed by atoms with Crippen LogP contribution in [0.5, 0.6) is 0 Å². The van der Waals surface area contributed by atoms with Gasteiger partial charge in [0.2, 0.25) is 0 Å². The molecule has 0 aromatic carbocycles. The monoisotopic (exact) mass is 211 g/mol. The molecular formula is C11H11F2NO. The number of pyridine rings is 1. The lowest BCUT2D eigenvalue weighted by atomic mass is 9.84. The highest BCUT2D eigenvalue weighted by molar-refractivity contribution is 5.24. The van der Waals surface area contributed by atoms with Crippen LogP contribution in [0.2, 0.25) is 0 Å². The standard InChI is InChI=1S/C11H11F2NO/c12-10(13)4-5-11(9(7-10)15-11)8-3-1-2-6-14-8/h1-3,6,9H,4-5,7H2/t9-,11-/m0/s1. The molecule has 0 radical (unpaired) electrons. The molecule has 0 bridgehead atoms. The van der Waals surface area contributed by atoms with Gasteiger partial charge in [-0.05, 0) is 18.6 Å². The van der Waals surface area contributed by atoms with Gasteiger partial charge in [-0.2, -0.15) is 0 Å². The van der Waals surface area contributed by atoms with E-state index < -0.39 is 11.5 Å². The van der Waals surface area contributed by atoms with E-state index in [0.29, 0.717) is 6.42 Å². The number of nitrogens with zero attached hydrogens (tertiary/aromatic N) is 1. The summed E-state index contributed by atoms with van der Waals surface area (Å²) in [6.45, 7) is 0. The van der Waals surface area contributed by atoms with Crippen molar-refractivity contribution in [3.63, 3.8) is 0 Å². The van der Waals surface area contributed by atoms with Crippen LogP contribution < -0.4 is 0 Å². The van der Waals surface area contributed by atoms with E-state index in [4.69, 9.17) is 4.74 Å². The second-order valence-electron chi connectivity index (χ2n) is 4.27. The SMILES string of the molecule is FC1(F)CC[C@@]2(c3ccccn3)O[C@H]2C1. The molecule has 2 nitrogen and oxygen atoms in total. The van der Waals surface area contributed by atoms with Crippen molar-refractivity contribution in [3.8, 4) is 0 Å². The number of aromatic nitrogens is 1. The number of alkyl halides is 2. The van der Waals surface area contributed by atoms with Gasteiger partial charge < -0.3 is 4.74 Å². The number of hydrogen-bond acceptors (Lipinski definition) is 2. The predicted octanol–water partition coefficient (Wildman–Crippen LogP) is 2.49. The summed E-state index contributed by atoms with van der Waals surface area (Å²) in [6.07, 6.45) is 1.46. The van der Waals surface area contributed by atoms with E-state index in [1.54, 1.807) is 6.20 Å². The first-order valence-corrected chi connectivity index (χ1v) is 5.10. The number of ether oxygens (including phenoxy) is 1. The van der Waals surface area contributed by atoms with E-state index in [2.05, 4.69) is 4.98 Å². The van der Waals surface area contributed by atoms with Gasteiger partial charge in [0.1, 0.15) is 5.60 Å². The molecule has 2 heterocycles. The third-order valence-electron chi connectivity index (χ3n) is 3.26. The van der Waals surface area contributed by atoms with E-state index in [0.717, 1.165) is 5.69 Å². The molecule has 0 amide bonds. The van der Waals surface area contributed by atoms with Crippen LogP contribution in [0.3, 0.4) is 0 Å². The Morgan fingerprint density at radius 3 is 2.87 bits per heavy atom. The highest BCUT2D eigenvalue weighted by atomic mass is 19.3. The Morgan fingerprint density at radius 1 is 1.33 bits per heavy atom. The maximum Gasteiger partial charge on any atom is 0.250 e. The van der Waals surface area contributed by atoms with Gasteiger partial charge >= 0.3 is 0 Å². The second kappa shape index (κ2) is 2.76. The summed E-state index contributed by atoms with van der Waals surface area (Å²) < 4.78 is 31.6. The minimum atomic E-state index is -2.56. The Morgan fingerprint density at radius 2 is 2.20 bits per heavy atom. The van der Waals surface area contributed by atoms with Gasteiger partial charge in [-0.25, -0.2) is 8.78 Å². The van der Waals surface area contributed by atoms with Crippen LogP contribution >= 0.6 is 0 Å². The van der Waals surface area contributed by atoms with Gasteiger partial charge in [0, 0.05) is 19.0 Å². The zero-order valence-corrected chi connectivity index (χ0v) is 8.12. The fourth-order valence-corrected chi connectivity index (χ4v) is 2.35. The molecule has 0 spiro atoms. The first-order valence-electron chi connectivity index (χ1n) is 5.10. The van der Waals surface area contributed by atoms with Gasteiger partial charge in [-0.15, -0.1) is 0 Å². The molecule has 80 valence electrons. The van der Waals surface area contributed by atoms with Crippen molar-refractivity contribution in [2.45, 2.75) is 36.9 Å². The molecule has 4 heteroatoms. The topological polar surface area (TPSA) is 25.4 Å². The molecule has 3 rings (SSSR count). The predicted molar refractivity (Wildman–Crippen MR) is 49.6 cm³/mol. The van der Waals surface area contributed by atoms with Gasteiger partial charge in [0.05, 0.1) is 11.8 Å². The molecular weight excluding hydrogens is 200 g/mol. The van der Waals surface area contributed by atoms with Crippen molar-refractivity contribution in [1.82, 2.24) is 4.98 Å². The lowest BCUT2D eigenvalue weighted by Crippen LogP contribution is -2.30. The number of epoxide rings is 1. The van der Waals surface area contributed by atoms with Crippen LogP contribution in [0, 0.1) is 0 Å². The van der Waals surface area contributed by atoms with Crippen molar-refractivity contribution in [2.75, 3.05) is 0 Å². The molecule has 1 saturated carbocycles. The lowest BCUT2D eigenvalue weighted by molar-refractivity contribution is -0.0330. The minimum Gasteiger partial charge on any atom is -0.359 e. The number of halogens is 2. The van der Waals surface area contributed by atoms with Crippen LogP contribution in [0.4, 0.5) is 8.78 Å². The van der Waals surface area contributed by atoms with Crippen molar-refractivity contribution in [1.29, 1.82) is 0 Å². The van der Waals surface area contributed by atoms with Crippen LogP contribution in [0.1, 0.15) is 25.0 Å². The fraction of sp³-hybridized carbons (Fsp3) is 0.545. The largest absolute Gasteiger partial charge is 0.359 e. The summed E-state index contributed by atoms with van der Waals surface area (Å²) in [5.41, 5.74) is 0.300. The Kier molecular flexibility index (Phi) is 1.69. The molecule has 2 aliphatic rings. The molecule has 1 aliphatic heterocycles. The number of hydrogen-bond donors (Lipinski definition) is 0. The highest BCUT2D eigenvalue weighted by Crippen LogP contribution is 2.58. The van der Waals surface area contributed by atoms with Crippen molar-refractivity contribution in [3.05, 3.63) is 30.1 Å². The lowest BCUT2D eigenvalue weighted by Gasteiger charge is -2.23. The summed E-state index contributed by atoms with van der Waals surface area (Å²) in [5, 5.41) is 0. The minimum absolute atomic E-state index is 0.0971. The molecule has 2 fully saturated rings. The fourth-order valence-electron chi connectivity index (χ4n) is 2.35. The molecule has 1 aromatic heterocycles. The van der Waals surface area contributed by atoms with Crippen molar-refractivity contribution >= 4 is 0 Å². The van der Waals surface area contributed by atoms with Gasteiger partial charge in [0.15, 0.2) is 0 Å². The maximum atomic E-state index is 13.1. The molecule has 2 atom stereocenters. The molecule has 1 aliphatic carbocycles. The average molecular weight is 211 g/mol. The van der Waals surface area contributed by atoms with E-state index in [9.17, 15) is 8.78 Å². The zero-order valence-electron chi connectivity index (χ0n) is 8.12. The van der Waals surface area contributed by atoms with Crippen LogP contribution in [0.25, 0.3) is 0 Å². The van der Waals surface area contributed by atoms with Gasteiger partial charge in [-0.1, -0.05) is 6.07 Å². The molecule has 0 N–H and O–H groups in total. The summed E-state index contributed by atoms with van der Waals surface area (Å²) in [7, 11) is 0. The van der Waals surface area contributed by atoms with Crippen molar-refractivity contribution < 1.29 is 13.5 Å². The van der Waals surface area contributed by atoms with E-state index in [1.165, 1.54) is 0 Å². The zero-order chi connectivity index (χ0) is 10.5. The quantitative estimate of drug-likeness (QED) is 0.667. The first-order chi connectivity index (χ1) is 7.12. The van der Waals surface area contributed by atoms with E-state index in [-0.39, 0.29) is 18.9 Å². The van der Waals surface area contributed by atoms with Gasteiger partial charge in [-0.3, -0.25) is 4.98 Å². The summed E-state index contributed by atoms with van der Waals surface area (Å²) in [5.74, 6) is -2.56. The highest BCUT2D eigenvalue weighted by Gasteiger charge is 2.65. The first kappa shape index (κ1) is 9.21. The van der Waals surface area contributed by atoms with E-state index in [1.807, 2.05) is 18.2 Å². The number of fused-ring (bicyclic) bond motifs is 1. The summed E-state index contributed by atoms with van der Waals surface area (Å²) >= 11 is 0. The van der Waals surface area contributed by atoms with Gasteiger partial charge in [0.25, 0.3) is 5.92 Å². The van der Waals surface area contributed by atoms with Crippen LogP contribution in [-0.2, 0) is 10.3 Å². The number of rotatable bonds is 1. The summed E-state index contributed by atoms with van der Waals surface area (Å²) in [4.78, 5) is 4.19.